The lowest BCUT2D eigenvalue weighted by molar-refractivity contribution is 0.0679. The van der Waals surface area contributed by atoms with Crippen LogP contribution in [0.5, 0.6) is 5.75 Å². The average Bonchev–Trinajstić information content (AvgIpc) is 3.41. The van der Waals surface area contributed by atoms with Gasteiger partial charge in [0.25, 0.3) is 5.91 Å². The monoisotopic (exact) mass is 382 g/mol. The summed E-state index contributed by atoms with van der Waals surface area (Å²) in [6.45, 7) is 1.29. The number of benzene rings is 2. The highest BCUT2D eigenvalue weighted by Crippen LogP contribution is 2.20. The molecule has 0 radical (unpaired) electrons. The van der Waals surface area contributed by atoms with Crippen LogP contribution in [0.15, 0.2) is 55.1 Å². The van der Waals surface area contributed by atoms with Crippen molar-refractivity contribution in [3.8, 4) is 11.4 Å². The van der Waals surface area contributed by atoms with Gasteiger partial charge in [-0.2, -0.15) is 5.10 Å². The van der Waals surface area contributed by atoms with Crippen molar-refractivity contribution in [1.82, 2.24) is 14.8 Å². The van der Waals surface area contributed by atoms with Crippen LogP contribution in [0.1, 0.15) is 23.2 Å². The number of halogens is 1. The van der Waals surface area contributed by atoms with E-state index in [4.69, 9.17) is 9.47 Å². The Hall–Kier alpha value is -3.26. The molecule has 0 saturated carbocycles. The molecule has 8 heteroatoms. The third kappa shape index (κ3) is 4.17. The molecular formula is C20H19FN4O3. The van der Waals surface area contributed by atoms with Gasteiger partial charge in [-0.3, -0.25) is 4.79 Å². The number of hydrogen-bond acceptors (Lipinski definition) is 5. The van der Waals surface area contributed by atoms with Gasteiger partial charge in [0.1, 0.15) is 30.7 Å². The molecule has 1 amide bonds. The predicted octanol–water partition coefficient (Wildman–Crippen LogP) is 3.22. The maximum atomic E-state index is 14.3. The van der Waals surface area contributed by atoms with Crippen molar-refractivity contribution in [1.29, 1.82) is 0 Å². The molecule has 0 bridgehead atoms. The zero-order chi connectivity index (χ0) is 19.3. The molecule has 4 rings (SSSR count). The molecule has 1 aromatic heterocycles. The fourth-order valence-corrected chi connectivity index (χ4v) is 2.97. The Bertz CT molecular complexity index is 939. The van der Waals surface area contributed by atoms with E-state index in [1.165, 1.54) is 29.5 Å². The van der Waals surface area contributed by atoms with Crippen LogP contribution in [0.3, 0.4) is 0 Å². The molecule has 7 nitrogen and oxygen atoms in total. The van der Waals surface area contributed by atoms with Gasteiger partial charge < -0.3 is 14.8 Å². The Morgan fingerprint density at radius 3 is 2.82 bits per heavy atom. The zero-order valence-corrected chi connectivity index (χ0v) is 15.0. The minimum absolute atomic E-state index is 0.137. The quantitative estimate of drug-likeness (QED) is 0.708. The molecule has 1 aliphatic heterocycles. The Morgan fingerprint density at radius 1 is 1.29 bits per heavy atom. The molecule has 1 N–H and O–H groups in total. The summed E-state index contributed by atoms with van der Waals surface area (Å²) in [7, 11) is 0. The minimum atomic E-state index is -0.513. The number of carbonyl (C=O) groups excluding carboxylic acids is 1. The van der Waals surface area contributed by atoms with Crippen molar-refractivity contribution >= 4 is 11.6 Å². The Morgan fingerprint density at radius 2 is 2.14 bits per heavy atom. The summed E-state index contributed by atoms with van der Waals surface area (Å²) < 4.78 is 26.8. The summed E-state index contributed by atoms with van der Waals surface area (Å²) >= 11 is 0. The molecule has 1 atom stereocenters. The first kappa shape index (κ1) is 18.1. The van der Waals surface area contributed by atoms with Gasteiger partial charge in [-0.15, -0.1) is 0 Å². The second-order valence-electron chi connectivity index (χ2n) is 6.43. The summed E-state index contributed by atoms with van der Waals surface area (Å²) in [6.07, 6.45) is 4.93. The van der Waals surface area contributed by atoms with Crippen LogP contribution < -0.4 is 10.1 Å². The third-order valence-electron chi connectivity index (χ3n) is 4.45. The molecule has 28 heavy (non-hydrogen) atoms. The van der Waals surface area contributed by atoms with Crippen LogP contribution in [0.2, 0.25) is 0 Å². The van der Waals surface area contributed by atoms with Crippen LogP contribution in [0.4, 0.5) is 10.1 Å². The Labute approximate surface area is 161 Å². The Kier molecular flexibility index (Phi) is 5.29. The first-order valence-corrected chi connectivity index (χ1v) is 8.99. The highest BCUT2D eigenvalue weighted by atomic mass is 19.1. The van der Waals surface area contributed by atoms with E-state index in [1.807, 2.05) is 0 Å². The first-order valence-electron chi connectivity index (χ1n) is 8.99. The number of amides is 1. The number of hydrogen-bond donors (Lipinski definition) is 1. The van der Waals surface area contributed by atoms with Gasteiger partial charge >= 0.3 is 0 Å². The van der Waals surface area contributed by atoms with E-state index in [9.17, 15) is 9.18 Å². The fourth-order valence-electron chi connectivity index (χ4n) is 2.97. The van der Waals surface area contributed by atoms with Crippen molar-refractivity contribution in [2.75, 3.05) is 18.5 Å². The average molecular weight is 382 g/mol. The predicted molar refractivity (Wildman–Crippen MR) is 100 cm³/mol. The van der Waals surface area contributed by atoms with Gasteiger partial charge in [0.05, 0.1) is 6.10 Å². The lowest BCUT2D eigenvalue weighted by Gasteiger charge is -2.12. The number of rotatable bonds is 6. The SMILES string of the molecule is O=C(Nc1ccc(-n2cncn2)c(F)c1)c1ccc(OCC2CCCO2)cc1. The van der Waals surface area contributed by atoms with Crippen molar-refractivity contribution in [3.63, 3.8) is 0 Å². The van der Waals surface area contributed by atoms with E-state index in [-0.39, 0.29) is 17.7 Å². The normalized spacial score (nSPS) is 16.1. The molecule has 1 saturated heterocycles. The number of carbonyl (C=O) groups is 1. The topological polar surface area (TPSA) is 78.3 Å². The summed E-state index contributed by atoms with van der Waals surface area (Å²) in [6, 6.07) is 11.2. The zero-order valence-electron chi connectivity index (χ0n) is 15.0. The second kappa shape index (κ2) is 8.18. The molecular weight excluding hydrogens is 363 g/mol. The molecule has 1 aliphatic rings. The van der Waals surface area contributed by atoms with Gasteiger partial charge in [-0.1, -0.05) is 0 Å². The van der Waals surface area contributed by atoms with Gasteiger partial charge in [0.2, 0.25) is 0 Å². The van der Waals surface area contributed by atoms with Crippen molar-refractivity contribution in [3.05, 3.63) is 66.5 Å². The summed E-state index contributed by atoms with van der Waals surface area (Å²) in [4.78, 5) is 16.2. The maximum Gasteiger partial charge on any atom is 0.255 e. The second-order valence-corrected chi connectivity index (χ2v) is 6.43. The molecule has 0 aliphatic carbocycles. The van der Waals surface area contributed by atoms with Crippen LogP contribution in [0.25, 0.3) is 5.69 Å². The first-order chi connectivity index (χ1) is 13.7. The fraction of sp³-hybridized carbons (Fsp3) is 0.250. The van der Waals surface area contributed by atoms with Crippen LogP contribution in [-0.4, -0.2) is 40.0 Å². The summed E-state index contributed by atoms with van der Waals surface area (Å²) in [5, 5.41) is 6.58. The van der Waals surface area contributed by atoms with Gasteiger partial charge in [0, 0.05) is 17.9 Å². The van der Waals surface area contributed by atoms with Gasteiger partial charge in [-0.05, 0) is 55.3 Å². The minimum Gasteiger partial charge on any atom is -0.491 e. The number of aromatic nitrogens is 3. The molecule has 1 unspecified atom stereocenters. The molecule has 3 aromatic rings. The third-order valence-corrected chi connectivity index (χ3v) is 4.45. The molecule has 2 heterocycles. The van der Waals surface area contributed by atoms with E-state index < -0.39 is 5.82 Å². The van der Waals surface area contributed by atoms with E-state index in [2.05, 4.69) is 15.4 Å². The van der Waals surface area contributed by atoms with Crippen molar-refractivity contribution < 1.29 is 18.7 Å². The molecule has 2 aromatic carbocycles. The maximum absolute atomic E-state index is 14.3. The highest BCUT2D eigenvalue weighted by molar-refractivity contribution is 6.04. The standard InChI is InChI=1S/C20H19FN4O3/c21-18-10-15(5-8-19(18)25-13-22-12-23-25)24-20(26)14-3-6-16(7-4-14)28-11-17-2-1-9-27-17/h3-8,10,12-13,17H,1-2,9,11H2,(H,24,26). The van der Waals surface area contributed by atoms with Gasteiger partial charge in [-0.25, -0.2) is 14.1 Å². The van der Waals surface area contributed by atoms with E-state index in [0.29, 0.717) is 23.6 Å². The largest absolute Gasteiger partial charge is 0.491 e. The van der Waals surface area contributed by atoms with E-state index in [1.54, 1.807) is 30.3 Å². The number of nitrogens with one attached hydrogen (secondary N) is 1. The highest BCUT2D eigenvalue weighted by Gasteiger charge is 2.16. The van der Waals surface area contributed by atoms with Gasteiger partial charge in [0.15, 0.2) is 5.82 Å². The van der Waals surface area contributed by atoms with Crippen LogP contribution >= 0.6 is 0 Å². The van der Waals surface area contributed by atoms with Crippen molar-refractivity contribution in [2.45, 2.75) is 18.9 Å². The molecule has 1 fully saturated rings. The lowest BCUT2D eigenvalue weighted by Crippen LogP contribution is -2.16. The smallest absolute Gasteiger partial charge is 0.255 e. The summed E-state index contributed by atoms with van der Waals surface area (Å²) in [5.41, 5.74) is 1.05. The molecule has 0 spiro atoms. The molecule has 144 valence electrons. The Balaban J connectivity index is 1.37. The van der Waals surface area contributed by atoms with Crippen LogP contribution in [-0.2, 0) is 4.74 Å². The van der Waals surface area contributed by atoms with Crippen LogP contribution in [0, 0.1) is 5.82 Å². The summed E-state index contributed by atoms with van der Waals surface area (Å²) in [5.74, 6) is -0.171. The van der Waals surface area contributed by atoms with Crippen molar-refractivity contribution in [2.24, 2.45) is 0 Å². The number of ether oxygens (including phenoxy) is 2. The number of nitrogens with zero attached hydrogens (tertiary/aromatic N) is 3. The lowest BCUT2D eigenvalue weighted by atomic mass is 10.2. The number of anilines is 1. The van der Waals surface area contributed by atoms with E-state index in [0.717, 1.165) is 19.4 Å². The van der Waals surface area contributed by atoms with E-state index >= 15 is 0 Å².